The van der Waals surface area contributed by atoms with Crippen molar-refractivity contribution in [2.24, 2.45) is 0 Å². The summed E-state index contributed by atoms with van der Waals surface area (Å²) in [7, 11) is 0. The SMILES string of the molecule is Cc1nc(NC(=O)[C@]2(C)Oc3ccccc3NC2=O)sc1C. The minimum absolute atomic E-state index is 0.455. The van der Waals surface area contributed by atoms with Crippen molar-refractivity contribution in [1.29, 1.82) is 0 Å². The second-order valence-electron chi connectivity index (χ2n) is 5.20. The highest BCUT2D eigenvalue weighted by atomic mass is 32.1. The van der Waals surface area contributed by atoms with Crippen LogP contribution in [0.5, 0.6) is 5.75 Å². The molecule has 114 valence electrons. The monoisotopic (exact) mass is 317 g/mol. The zero-order valence-corrected chi connectivity index (χ0v) is 13.2. The molecule has 22 heavy (non-hydrogen) atoms. The Labute approximate surface area is 131 Å². The minimum atomic E-state index is -1.64. The van der Waals surface area contributed by atoms with Gasteiger partial charge in [0.25, 0.3) is 17.4 Å². The number of carbonyl (C=O) groups excluding carboxylic acids is 2. The van der Waals surface area contributed by atoms with Gasteiger partial charge in [0, 0.05) is 4.88 Å². The molecule has 0 saturated carbocycles. The largest absolute Gasteiger partial charge is 0.466 e. The zero-order valence-electron chi connectivity index (χ0n) is 12.4. The number of fused-ring (bicyclic) bond motifs is 1. The van der Waals surface area contributed by atoms with Crippen molar-refractivity contribution in [1.82, 2.24) is 4.98 Å². The molecule has 0 radical (unpaired) electrons. The van der Waals surface area contributed by atoms with Crippen LogP contribution in [0, 0.1) is 13.8 Å². The van der Waals surface area contributed by atoms with Crippen LogP contribution < -0.4 is 15.4 Å². The van der Waals surface area contributed by atoms with Gasteiger partial charge in [-0.25, -0.2) is 4.98 Å². The van der Waals surface area contributed by atoms with Gasteiger partial charge in [-0.15, -0.1) is 11.3 Å². The summed E-state index contributed by atoms with van der Waals surface area (Å²) in [5.41, 5.74) is -0.231. The van der Waals surface area contributed by atoms with E-state index in [1.54, 1.807) is 24.3 Å². The van der Waals surface area contributed by atoms with Gasteiger partial charge in [0.05, 0.1) is 11.4 Å². The first-order chi connectivity index (χ1) is 10.4. The molecule has 2 aromatic rings. The number of carbonyl (C=O) groups is 2. The number of aryl methyl sites for hydroxylation is 2. The van der Waals surface area contributed by atoms with Crippen LogP contribution in [0.3, 0.4) is 0 Å². The Hall–Kier alpha value is -2.41. The van der Waals surface area contributed by atoms with Crippen molar-refractivity contribution in [3.63, 3.8) is 0 Å². The molecule has 0 saturated heterocycles. The lowest BCUT2D eigenvalue weighted by Gasteiger charge is -2.32. The number of hydrogen-bond acceptors (Lipinski definition) is 5. The lowest BCUT2D eigenvalue weighted by Crippen LogP contribution is -2.56. The van der Waals surface area contributed by atoms with Crippen LogP contribution in [0.25, 0.3) is 0 Å². The normalized spacial score (nSPS) is 19.9. The smallest absolute Gasteiger partial charge is 0.280 e. The second kappa shape index (κ2) is 5.10. The quantitative estimate of drug-likeness (QED) is 0.834. The lowest BCUT2D eigenvalue weighted by molar-refractivity contribution is -0.143. The third-order valence-corrected chi connectivity index (χ3v) is 4.55. The van der Waals surface area contributed by atoms with Crippen LogP contribution in [0.2, 0.25) is 0 Å². The number of aromatic nitrogens is 1. The Kier molecular flexibility index (Phi) is 3.37. The fourth-order valence-electron chi connectivity index (χ4n) is 2.06. The molecule has 1 atom stereocenters. The molecule has 3 rings (SSSR count). The first-order valence-corrected chi connectivity index (χ1v) is 7.57. The molecule has 2 heterocycles. The van der Waals surface area contributed by atoms with E-state index in [1.807, 2.05) is 13.8 Å². The maximum Gasteiger partial charge on any atom is 0.280 e. The van der Waals surface area contributed by atoms with E-state index in [9.17, 15) is 9.59 Å². The Morgan fingerprint density at radius 3 is 2.77 bits per heavy atom. The van der Waals surface area contributed by atoms with Gasteiger partial charge >= 0.3 is 0 Å². The highest BCUT2D eigenvalue weighted by Crippen LogP contribution is 2.34. The number of nitrogens with one attached hydrogen (secondary N) is 2. The van der Waals surface area contributed by atoms with Crippen LogP contribution >= 0.6 is 11.3 Å². The Bertz CT molecular complexity index is 752. The van der Waals surface area contributed by atoms with E-state index < -0.39 is 17.4 Å². The number of para-hydroxylation sites is 2. The number of nitrogens with zero attached hydrogens (tertiary/aromatic N) is 1. The van der Waals surface area contributed by atoms with E-state index in [4.69, 9.17) is 4.74 Å². The zero-order chi connectivity index (χ0) is 15.9. The molecular formula is C15H15N3O3S. The fourth-order valence-corrected chi connectivity index (χ4v) is 2.87. The Morgan fingerprint density at radius 2 is 2.09 bits per heavy atom. The summed E-state index contributed by atoms with van der Waals surface area (Å²) in [5.74, 6) is -0.590. The minimum Gasteiger partial charge on any atom is -0.466 e. The summed E-state index contributed by atoms with van der Waals surface area (Å²) < 4.78 is 5.66. The molecule has 0 fully saturated rings. The standard InChI is InChI=1S/C15H15N3O3S/c1-8-9(2)22-14(16-8)18-13(20)15(3)12(19)17-10-6-4-5-7-11(10)21-15/h4-7H,1-3H3,(H,17,19)(H,16,18,20)/t15-/m1/s1. The van der Waals surface area contributed by atoms with Gasteiger partial charge in [-0.1, -0.05) is 12.1 Å². The highest BCUT2D eigenvalue weighted by molar-refractivity contribution is 7.15. The molecular weight excluding hydrogens is 302 g/mol. The van der Waals surface area contributed by atoms with Gasteiger partial charge in [-0.3, -0.25) is 14.9 Å². The third-order valence-electron chi connectivity index (χ3n) is 3.56. The summed E-state index contributed by atoms with van der Waals surface area (Å²) in [6.07, 6.45) is 0. The van der Waals surface area contributed by atoms with Crippen LogP contribution in [0.4, 0.5) is 10.8 Å². The van der Waals surface area contributed by atoms with Crippen LogP contribution in [0.1, 0.15) is 17.5 Å². The first kappa shape index (κ1) is 14.5. The number of thiazole rings is 1. The molecule has 2 amide bonds. The second-order valence-corrected chi connectivity index (χ2v) is 6.40. The number of amides is 2. The molecule has 0 aliphatic carbocycles. The predicted octanol–water partition coefficient (Wildman–Crippen LogP) is 2.49. The van der Waals surface area contributed by atoms with Crippen LogP contribution in [-0.2, 0) is 9.59 Å². The summed E-state index contributed by atoms with van der Waals surface area (Å²) in [6, 6.07) is 6.99. The Morgan fingerprint density at radius 1 is 1.36 bits per heavy atom. The molecule has 0 bridgehead atoms. The predicted molar refractivity (Wildman–Crippen MR) is 84.3 cm³/mol. The molecule has 7 heteroatoms. The number of ether oxygens (including phenoxy) is 1. The summed E-state index contributed by atoms with van der Waals surface area (Å²) in [5, 5.41) is 5.80. The number of hydrogen-bond donors (Lipinski definition) is 2. The molecule has 0 spiro atoms. The van der Waals surface area contributed by atoms with Gasteiger partial charge < -0.3 is 10.1 Å². The maximum atomic E-state index is 12.5. The van der Waals surface area contributed by atoms with Crippen molar-refractivity contribution in [2.45, 2.75) is 26.4 Å². The molecule has 2 N–H and O–H groups in total. The van der Waals surface area contributed by atoms with Crippen molar-refractivity contribution < 1.29 is 14.3 Å². The molecule has 1 aliphatic rings. The van der Waals surface area contributed by atoms with Crippen LogP contribution in [0.15, 0.2) is 24.3 Å². The maximum absolute atomic E-state index is 12.5. The molecule has 6 nitrogen and oxygen atoms in total. The van der Waals surface area contributed by atoms with Gasteiger partial charge in [0.2, 0.25) is 0 Å². The van der Waals surface area contributed by atoms with E-state index in [0.717, 1.165) is 10.6 Å². The Balaban J connectivity index is 1.86. The van der Waals surface area contributed by atoms with Crippen LogP contribution in [-0.4, -0.2) is 22.4 Å². The van der Waals surface area contributed by atoms with Gasteiger partial charge in [0.1, 0.15) is 5.75 Å². The number of anilines is 2. The average molecular weight is 317 g/mol. The number of rotatable bonds is 2. The molecule has 0 unspecified atom stereocenters. The highest BCUT2D eigenvalue weighted by Gasteiger charge is 2.47. The molecule has 1 aromatic heterocycles. The molecule has 1 aliphatic heterocycles. The summed E-state index contributed by atoms with van der Waals surface area (Å²) in [4.78, 5) is 30.0. The van der Waals surface area contributed by atoms with E-state index >= 15 is 0 Å². The van der Waals surface area contributed by atoms with Gasteiger partial charge in [0.15, 0.2) is 5.13 Å². The van der Waals surface area contributed by atoms with Crippen molar-refractivity contribution in [3.05, 3.63) is 34.8 Å². The van der Waals surface area contributed by atoms with E-state index in [2.05, 4.69) is 15.6 Å². The summed E-state index contributed by atoms with van der Waals surface area (Å²) in [6.45, 7) is 5.23. The van der Waals surface area contributed by atoms with Crippen molar-refractivity contribution >= 4 is 34.0 Å². The van der Waals surface area contributed by atoms with E-state index in [-0.39, 0.29) is 0 Å². The van der Waals surface area contributed by atoms with E-state index in [0.29, 0.717) is 16.6 Å². The van der Waals surface area contributed by atoms with Gasteiger partial charge in [-0.2, -0.15) is 0 Å². The fraction of sp³-hybridized carbons (Fsp3) is 0.267. The first-order valence-electron chi connectivity index (χ1n) is 6.75. The van der Waals surface area contributed by atoms with Crippen molar-refractivity contribution in [2.75, 3.05) is 10.6 Å². The average Bonchev–Trinajstić information content (AvgIpc) is 2.78. The van der Waals surface area contributed by atoms with E-state index in [1.165, 1.54) is 18.3 Å². The van der Waals surface area contributed by atoms with Crippen molar-refractivity contribution in [3.8, 4) is 5.75 Å². The topological polar surface area (TPSA) is 80.3 Å². The third kappa shape index (κ3) is 2.33. The number of benzene rings is 1. The molecule has 1 aromatic carbocycles. The van der Waals surface area contributed by atoms with Gasteiger partial charge in [-0.05, 0) is 32.9 Å². The summed E-state index contributed by atoms with van der Waals surface area (Å²) >= 11 is 1.36. The lowest BCUT2D eigenvalue weighted by atomic mass is 10.0.